The molecule has 0 aliphatic heterocycles. The SMILES string of the molecule is CC(C)(C)[Si](C)(C)OCCCCC#N. The monoisotopic (exact) mass is 213 g/mol. The molecule has 0 spiro atoms. The van der Waals surface area contributed by atoms with Gasteiger partial charge in [-0.3, -0.25) is 0 Å². The summed E-state index contributed by atoms with van der Waals surface area (Å²) in [5.41, 5.74) is 0. The molecule has 0 aromatic carbocycles. The van der Waals surface area contributed by atoms with Crippen LogP contribution < -0.4 is 0 Å². The highest BCUT2D eigenvalue weighted by atomic mass is 28.4. The lowest BCUT2D eigenvalue weighted by Gasteiger charge is -2.36. The number of rotatable bonds is 5. The van der Waals surface area contributed by atoms with E-state index in [1.54, 1.807) is 0 Å². The summed E-state index contributed by atoms with van der Waals surface area (Å²) in [5.74, 6) is 0. The number of unbranched alkanes of at least 4 members (excludes halogenated alkanes) is 2. The van der Waals surface area contributed by atoms with Gasteiger partial charge in [0.1, 0.15) is 0 Å². The van der Waals surface area contributed by atoms with Gasteiger partial charge in [0.05, 0.1) is 6.07 Å². The molecular formula is C11H23NOSi. The van der Waals surface area contributed by atoms with E-state index in [1.165, 1.54) is 0 Å². The highest BCUT2D eigenvalue weighted by Crippen LogP contribution is 2.36. The normalized spacial score (nSPS) is 12.6. The van der Waals surface area contributed by atoms with Gasteiger partial charge >= 0.3 is 0 Å². The van der Waals surface area contributed by atoms with Crippen molar-refractivity contribution in [1.29, 1.82) is 5.26 Å². The fourth-order valence-corrected chi connectivity index (χ4v) is 1.94. The Morgan fingerprint density at radius 3 is 2.21 bits per heavy atom. The first-order valence-electron chi connectivity index (χ1n) is 5.32. The Bertz CT molecular complexity index is 200. The molecule has 0 unspecified atom stereocenters. The van der Waals surface area contributed by atoms with Crippen LogP contribution in [0.4, 0.5) is 0 Å². The van der Waals surface area contributed by atoms with E-state index in [2.05, 4.69) is 39.9 Å². The van der Waals surface area contributed by atoms with E-state index in [-0.39, 0.29) is 0 Å². The minimum atomic E-state index is -1.55. The summed E-state index contributed by atoms with van der Waals surface area (Å²) in [5, 5.41) is 8.67. The average Bonchev–Trinajstić information content (AvgIpc) is 2.02. The summed E-state index contributed by atoms with van der Waals surface area (Å²) < 4.78 is 5.97. The molecule has 0 amide bonds. The van der Waals surface area contributed by atoms with Gasteiger partial charge in [-0.25, -0.2) is 0 Å². The lowest BCUT2D eigenvalue weighted by molar-refractivity contribution is 0.280. The van der Waals surface area contributed by atoms with Gasteiger partial charge in [0.15, 0.2) is 8.32 Å². The molecule has 0 saturated carbocycles. The van der Waals surface area contributed by atoms with Crippen LogP contribution >= 0.6 is 0 Å². The third kappa shape index (κ3) is 4.78. The van der Waals surface area contributed by atoms with Crippen LogP contribution in [0.5, 0.6) is 0 Å². The fourth-order valence-electron chi connectivity index (χ4n) is 0.850. The number of nitrogens with zero attached hydrogens (tertiary/aromatic N) is 1. The Balaban J connectivity index is 3.73. The Morgan fingerprint density at radius 1 is 1.21 bits per heavy atom. The third-order valence-corrected chi connectivity index (χ3v) is 7.49. The molecule has 0 atom stereocenters. The molecule has 0 aliphatic carbocycles. The van der Waals surface area contributed by atoms with Crippen molar-refractivity contribution >= 4 is 8.32 Å². The van der Waals surface area contributed by atoms with Crippen molar-refractivity contribution in [2.45, 2.75) is 58.2 Å². The van der Waals surface area contributed by atoms with Crippen molar-refractivity contribution in [1.82, 2.24) is 0 Å². The van der Waals surface area contributed by atoms with Crippen LogP contribution in [0.3, 0.4) is 0 Å². The number of hydrogen-bond donors (Lipinski definition) is 0. The summed E-state index contributed by atoms with van der Waals surface area (Å²) in [6, 6.07) is 2.15. The van der Waals surface area contributed by atoms with Crippen LogP contribution in [-0.2, 0) is 4.43 Å². The molecule has 14 heavy (non-hydrogen) atoms. The molecule has 0 rings (SSSR count). The summed E-state index contributed by atoms with van der Waals surface area (Å²) in [6.45, 7) is 12.1. The molecule has 0 fully saturated rings. The largest absolute Gasteiger partial charge is 0.417 e. The topological polar surface area (TPSA) is 33.0 Å². The fraction of sp³-hybridized carbons (Fsp3) is 0.909. The van der Waals surface area contributed by atoms with Crippen molar-refractivity contribution in [3.8, 4) is 6.07 Å². The number of nitriles is 1. The maximum atomic E-state index is 8.37. The molecule has 0 aliphatic rings. The van der Waals surface area contributed by atoms with Crippen LogP contribution in [0.1, 0.15) is 40.0 Å². The van der Waals surface area contributed by atoms with Crippen LogP contribution in [-0.4, -0.2) is 14.9 Å². The van der Waals surface area contributed by atoms with E-state index in [0.29, 0.717) is 11.5 Å². The number of hydrogen-bond acceptors (Lipinski definition) is 2. The zero-order chi connectivity index (χ0) is 11.2. The minimum Gasteiger partial charge on any atom is -0.417 e. The molecule has 0 aromatic rings. The first kappa shape index (κ1) is 13.7. The predicted octanol–water partition coefficient (Wildman–Crippen LogP) is 3.70. The van der Waals surface area contributed by atoms with Gasteiger partial charge in [0.25, 0.3) is 0 Å². The lowest BCUT2D eigenvalue weighted by Crippen LogP contribution is -2.40. The van der Waals surface area contributed by atoms with E-state index in [9.17, 15) is 0 Å². The maximum absolute atomic E-state index is 8.37. The van der Waals surface area contributed by atoms with Crippen molar-refractivity contribution in [2.24, 2.45) is 0 Å². The zero-order valence-corrected chi connectivity index (χ0v) is 11.2. The Hall–Kier alpha value is -0.333. The van der Waals surface area contributed by atoms with Crippen LogP contribution in [0.2, 0.25) is 18.1 Å². The van der Waals surface area contributed by atoms with Crippen molar-refractivity contribution in [2.75, 3.05) is 6.61 Å². The first-order valence-corrected chi connectivity index (χ1v) is 8.23. The lowest BCUT2D eigenvalue weighted by atomic mass is 10.2. The third-order valence-electron chi connectivity index (χ3n) is 2.95. The molecule has 0 bridgehead atoms. The summed E-state index contributed by atoms with van der Waals surface area (Å²) in [6.07, 6.45) is 2.63. The smallest absolute Gasteiger partial charge is 0.191 e. The van der Waals surface area contributed by atoms with Crippen LogP contribution in [0.25, 0.3) is 0 Å². The second-order valence-electron chi connectivity index (χ2n) is 5.22. The molecular weight excluding hydrogens is 190 g/mol. The Kier molecular flexibility index (Phi) is 5.39. The quantitative estimate of drug-likeness (QED) is 0.515. The summed E-state index contributed by atoms with van der Waals surface area (Å²) in [4.78, 5) is 0. The standard InChI is InChI=1S/C11H23NOSi/c1-11(2,3)14(4,5)13-10-8-6-7-9-12/h6-8,10H2,1-5H3. The Morgan fingerprint density at radius 2 is 1.79 bits per heavy atom. The second kappa shape index (κ2) is 5.52. The van der Waals surface area contributed by atoms with Gasteiger partial charge in [0.2, 0.25) is 0 Å². The van der Waals surface area contributed by atoms with Crippen molar-refractivity contribution in [3.05, 3.63) is 0 Å². The predicted molar refractivity (Wildman–Crippen MR) is 62.6 cm³/mol. The van der Waals surface area contributed by atoms with Gasteiger partial charge in [-0.05, 0) is 31.0 Å². The Labute approximate surface area is 89.4 Å². The van der Waals surface area contributed by atoms with Gasteiger partial charge in [-0.1, -0.05) is 20.8 Å². The summed E-state index contributed by atoms with van der Waals surface area (Å²) >= 11 is 0. The second-order valence-corrected chi connectivity index (χ2v) is 10.0. The van der Waals surface area contributed by atoms with Gasteiger partial charge in [0, 0.05) is 13.0 Å². The molecule has 0 saturated heterocycles. The van der Waals surface area contributed by atoms with Crippen molar-refractivity contribution < 1.29 is 4.43 Å². The van der Waals surface area contributed by atoms with Gasteiger partial charge in [-0.2, -0.15) is 5.26 Å². The van der Waals surface area contributed by atoms with E-state index >= 15 is 0 Å². The zero-order valence-electron chi connectivity index (χ0n) is 10.2. The first-order chi connectivity index (χ1) is 6.31. The highest BCUT2D eigenvalue weighted by molar-refractivity contribution is 6.74. The maximum Gasteiger partial charge on any atom is 0.191 e. The molecule has 0 N–H and O–H groups in total. The van der Waals surface area contributed by atoms with E-state index in [0.717, 1.165) is 19.4 Å². The van der Waals surface area contributed by atoms with Crippen LogP contribution in [0.15, 0.2) is 0 Å². The van der Waals surface area contributed by atoms with E-state index < -0.39 is 8.32 Å². The van der Waals surface area contributed by atoms with Gasteiger partial charge < -0.3 is 4.43 Å². The highest BCUT2D eigenvalue weighted by Gasteiger charge is 2.36. The molecule has 82 valence electrons. The minimum absolute atomic E-state index is 0.294. The van der Waals surface area contributed by atoms with Crippen molar-refractivity contribution in [3.63, 3.8) is 0 Å². The average molecular weight is 213 g/mol. The molecule has 0 aromatic heterocycles. The van der Waals surface area contributed by atoms with E-state index in [4.69, 9.17) is 9.69 Å². The molecule has 0 heterocycles. The van der Waals surface area contributed by atoms with Crippen LogP contribution in [0, 0.1) is 11.3 Å². The molecule has 3 heteroatoms. The van der Waals surface area contributed by atoms with Gasteiger partial charge in [-0.15, -0.1) is 0 Å². The summed E-state index contributed by atoms with van der Waals surface area (Å²) in [7, 11) is -1.55. The van der Waals surface area contributed by atoms with E-state index in [1.807, 2.05) is 0 Å². The molecule has 0 radical (unpaired) electrons. The molecule has 2 nitrogen and oxygen atoms in total.